The van der Waals surface area contributed by atoms with Gasteiger partial charge >= 0.3 is 0 Å². The average molecular weight is 305 g/mol. The maximum atomic E-state index is 9.25. The summed E-state index contributed by atoms with van der Waals surface area (Å²) in [6.45, 7) is 11.9. The quantitative estimate of drug-likeness (QED) is 0.613. The lowest BCUT2D eigenvalue weighted by molar-refractivity contribution is -0.0564. The lowest BCUT2D eigenvalue weighted by Gasteiger charge is -2.37. The molecule has 0 amide bonds. The molecule has 0 radical (unpaired) electrons. The molecule has 0 aromatic carbocycles. The van der Waals surface area contributed by atoms with Crippen molar-refractivity contribution < 1.29 is 20.1 Å². The number of aliphatic hydroxyl groups is 3. The fraction of sp³-hybridized carbons (Fsp3) is 1.00. The van der Waals surface area contributed by atoms with Gasteiger partial charge in [-0.1, -0.05) is 0 Å². The molecule has 0 aliphatic carbocycles. The second-order valence-electron chi connectivity index (χ2n) is 5.62. The van der Waals surface area contributed by atoms with E-state index in [4.69, 9.17) is 9.84 Å². The molecule has 3 N–H and O–H groups in total. The molecule has 2 saturated heterocycles. The zero-order valence-electron chi connectivity index (χ0n) is 13.5. The molecule has 2 fully saturated rings. The molecule has 21 heavy (non-hydrogen) atoms. The second kappa shape index (κ2) is 9.68. The fourth-order valence-corrected chi connectivity index (χ4v) is 2.44. The van der Waals surface area contributed by atoms with E-state index < -0.39 is 0 Å². The zero-order chi connectivity index (χ0) is 15.8. The van der Waals surface area contributed by atoms with Gasteiger partial charge in [0.25, 0.3) is 0 Å². The van der Waals surface area contributed by atoms with Crippen LogP contribution < -0.4 is 0 Å². The Hall–Kier alpha value is -0.280. The van der Waals surface area contributed by atoms with E-state index in [-0.39, 0.29) is 18.7 Å². The minimum Gasteiger partial charge on any atom is -0.379 e. The van der Waals surface area contributed by atoms with E-state index in [1.54, 1.807) is 20.8 Å². The number of ether oxygens (including phenoxy) is 1. The monoisotopic (exact) mass is 305 g/mol. The van der Waals surface area contributed by atoms with Crippen LogP contribution >= 0.6 is 0 Å². The maximum absolute atomic E-state index is 9.25. The third kappa shape index (κ3) is 7.01. The lowest BCUT2D eigenvalue weighted by Crippen LogP contribution is -2.51. The van der Waals surface area contributed by atoms with E-state index in [1.807, 2.05) is 14.7 Å². The summed E-state index contributed by atoms with van der Waals surface area (Å²) in [5, 5.41) is 27.5. The predicted molar refractivity (Wildman–Crippen MR) is 80.6 cm³/mol. The highest BCUT2D eigenvalue weighted by Gasteiger charge is 2.21. The first-order chi connectivity index (χ1) is 9.91. The number of hydrogen-bond acceptors (Lipinski definition) is 7. The van der Waals surface area contributed by atoms with Crippen LogP contribution in [0.4, 0.5) is 0 Å². The summed E-state index contributed by atoms with van der Waals surface area (Å²) >= 11 is 0. The van der Waals surface area contributed by atoms with Gasteiger partial charge in [-0.15, -0.1) is 0 Å². The molecule has 0 saturated carbocycles. The van der Waals surface area contributed by atoms with Crippen LogP contribution in [0.1, 0.15) is 20.8 Å². The van der Waals surface area contributed by atoms with Crippen molar-refractivity contribution in [2.45, 2.75) is 39.5 Å². The molecule has 7 nitrogen and oxygen atoms in total. The number of piperazine rings is 1. The van der Waals surface area contributed by atoms with E-state index in [1.165, 1.54) is 0 Å². The van der Waals surface area contributed by atoms with Crippen molar-refractivity contribution in [1.29, 1.82) is 0 Å². The van der Waals surface area contributed by atoms with Crippen molar-refractivity contribution in [3.63, 3.8) is 0 Å². The Morgan fingerprint density at radius 2 is 0.905 bits per heavy atom. The average Bonchev–Trinajstić information content (AvgIpc) is 2.49. The van der Waals surface area contributed by atoms with Crippen LogP contribution in [-0.4, -0.2) is 101 Å². The van der Waals surface area contributed by atoms with Crippen LogP contribution in [0.3, 0.4) is 0 Å². The first kappa shape index (κ1) is 18.8. The van der Waals surface area contributed by atoms with Crippen LogP contribution in [0, 0.1) is 0 Å². The fourth-order valence-electron chi connectivity index (χ4n) is 2.44. The van der Waals surface area contributed by atoms with Gasteiger partial charge in [0, 0.05) is 39.3 Å². The molecule has 2 rings (SSSR count). The smallest absolute Gasteiger partial charge is 0.104 e. The number of morpholine rings is 1. The summed E-state index contributed by atoms with van der Waals surface area (Å²) in [6.07, 6.45) is -1.03. The molecule has 2 aliphatic rings. The van der Waals surface area contributed by atoms with Gasteiger partial charge < -0.3 is 20.1 Å². The second-order valence-corrected chi connectivity index (χ2v) is 5.62. The highest BCUT2D eigenvalue weighted by atomic mass is 16.5. The number of hydrogen-bond donors (Lipinski definition) is 3. The minimum atomic E-state index is -0.360. The van der Waals surface area contributed by atoms with Crippen LogP contribution in [0.5, 0.6) is 0 Å². The number of nitrogens with zero attached hydrogens (tertiary/aromatic N) is 3. The highest BCUT2D eigenvalue weighted by molar-refractivity contribution is 4.72. The molecule has 2 aliphatic heterocycles. The van der Waals surface area contributed by atoms with E-state index in [9.17, 15) is 10.2 Å². The van der Waals surface area contributed by atoms with E-state index >= 15 is 0 Å². The van der Waals surface area contributed by atoms with Crippen LogP contribution in [0.2, 0.25) is 0 Å². The standard InChI is InChI=1S/C8H18N2O2.C6H13NO2/c1-7(11)9-3-5-10(6-4-9)8(2)12;1-6(8)7-2-4-9-5-3-7/h7-8,11-12H,3-6H2,1-2H3;6,8H,2-5H2,1H3. The lowest BCUT2D eigenvalue weighted by atomic mass is 10.3. The Kier molecular flexibility index (Phi) is 8.65. The predicted octanol–water partition coefficient (Wildman–Crippen LogP) is -1.06. The molecule has 7 heteroatoms. The summed E-state index contributed by atoms with van der Waals surface area (Å²) in [7, 11) is 0. The Morgan fingerprint density at radius 3 is 1.14 bits per heavy atom. The van der Waals surface area contributed by atoms with E-state index in [0.717, 1.165) is 52.5 Å². The molecule has 3 unspecified atom stereocenters. The third-order valence-corrected chi connectivity index (χ3v) is 3.98. The maximum Gasteiger partial charge on any atom is 0.104 e. The van der Waals surface area contributed by atoms with Crippen molar-refractivity contribution >= 4 is 0 Å². The van der Waals surface area contributed by atoms with E-state index in [2.05, 4.69) is 0 Å². The normalized spacial score (nSPS) is 26.6. The summed E-state index contributed by atoms with van der Waals surface area (Å²) in [6, 6.07) is 0. The van der Waals surface area contributed by atoms with Crippen molar-refractivity contribution in [3.8, 4) is 0 Å². The zero-order valence-corrected chi connectivity index (χ0v) is 13.5. The Morgan fingerprint density at radius 1 is 0.619 bits per heavy atom. The van der Waals surface area contributed by atoms with Crippen LogP contribution in [0.15, 0.2) is 0 Å². The SMILES string of the molecule is CC(O)N1CCN(C(C)O)CC1.CC(O)N1CCOCC1. The Balaban J connectivity index is 0.000000219. The molecule has 126 valence electrons. The van der Waals surface area contributed by atoms with Crippen LogP contribution in [-0.2, 0) is 4.74 Å². The van der Waals surface area contributed by atoms with Gasteiger partial charge in [0.2, 0.25) is 0 Å². The van der Waals surface area contributed by atoms with Gasteiger partial charge in [0.05, 0.1) is 13.2 Å². The number of rotatable bonds is 3. The Bertz CT molecular complexity index is 247. The van der Waals surface area contributed by atoms with E-state index in [0.29, 0.717) is 0 Å². The summed E-state index contributed by atoms with van der Waals surface area (Å²) in [5.74, 6) is 0. The van der Waals surface area contributed by atoms with Gasteiger partial charge in [0.1, 0.15) is 18.7 Å². The van der Waals surface area contributed by atoms with Gasteiger partial charge in [-0.25, -0.2) is 0 Å². The van der Waals surface area contributed by atoms with Gasteiger partial charge in [-0.2, -0.15) is 0 Å². The van der Waals surface area contributed by atoms with Gasteiger partial charge in [-0.05, 0) is 20.8 Å². The molecular weight excluding hydrogens is 274 g/mol. The van der Waals surface area contributed by atoms with Crippen LogP contribution in [0.25, 0.3) is 0 Å². The van der Waals surface area contributed by atoms with Crippen molar-refractivity contribution in [2.24, 2.45) is 0 Å². The Labute approximate surface area is 127 Å². The van der Waals surface area contributed by atoms with Gasteiger partial charge in [-0.3, -0.25) is 14.7 Å². The van der Waals surface area contributed by atoms with Crippen molar-refractivity contribution in [1.82, 2.24) is 14.7 Å². The minimum absolute atomic E-state index is 0.311. The topological polar surface area (TPSA) is 79.6 Å². The number of aliphatic hydroxyl groups excluding tert-OH is 3. The molecule has 0 aromatic heterocycles. The molecule has 0 bridgehead atoms. The molecule has 0 aromatic rings. The molecule has 2 heterocycles. The largest absolute Gasteiger partial charge is 0.379 e. The summed E-state index contributed by atoms with van der Waals surface area (Å²) in [5.41, 5.74) is 0. The van der Waals surface area contributed by atoms with Crippen molar-refractivity contribution in [2.75, 3.05) is 52.5 Å². The summed E-state index contributed by atoms with van der Waals surface area (Å²) < 4.78 is 5.10. The first-order valence-corrected chi connectivity index (χ1v) is 7.76. The van der Waals surface area contributed by atoms with Gasteiger partial charge in [0.15, 0.2) is 0 Å². The highest BCUT2D eigenvalue weighted by Crippen LogP contribution is 2.06. The molecule has 0 spiro atoms. The van der Waals surface area contributed by atoms with Crippen molar-refractivity contribution in [3.05, 3.63) is 0 Å². The molecule has 3 atom stereocenters. The molecular formula is C14H31N3O4. The third-order valence-electron chi connectivity index (χ3n) is 3.98. The first-order valence-electron chi connectivity index (χ1n) is 7.76. The summed E-state index contributed by atoms with van der Waals surface area (Å²) in [4.78, 5) is 5.99.